The van der Waals surface area contributed by atoms with Gasteiger partial charge < -0.3 is 10.1 Å². The monoisotopic (exact) mass is 469 g/mol. The Balaban J connectivity index is 2.18. The molecule has 1 aromatic heterocycles. The molecule has 0 bridgehead atoms. The van der Waals surface area contributed by atoms with Crippen LogP contribution in [0.25, 0.3) is 10.9 Å². The molecule has 1 heterocycles. The van der Waals surface area contributed by atoms with E-state index in [-0.39, 0.29) is 17.2 Å². The number of nitrogens with one attached hydrogen (secondary N) is 1. The Morgan fingerprint density at radius 2 is 2.18 bits per heavy atom. The first kappa shape index (κ1) is 22.9. The van der Waals surface area contributed by atoms with Crippen molar-refractivity contribution in [3.63, 3.8) is 0 Å². The van der Waals surface area contributed by atoms with E-state index in [4.69, 9.17) is 4.74 Å². The Bertz CT molecular complexity index is 854. The van der Waals surface area contributed by atoms with Gasteiger partial charge in [-0.25, -0.2) is 4.98 Å². The molecule has 0 saturated carbocycles. The highest BCUT2D eigenvalue weighted by molar-refractivity contribution is 9.10. The maximum Gasteiger partial charge on any atom is 0.262 e. The zero-order valence-electron chi connectivity index (χ0n) is 16.7. The van der Waals surface area contributed by atoms with E-state index >= 15 is 0 Å². The average Bonchev–Trinajstić information content (AvgIpc) is 2.65. The van der Waals surface area contributed by atoms with E-state index in [1.807, 2.05) is 19.1 Å². The molecule has 2 aromatic rings. The van der Waals surface area contributed by atoms with Crippen molar-refractivity contribution in [3.8, 4) is 0 Å². The van der Waals surface area contributed by atoms with Crippen LogP contribution in [0, 0.1) is 5.92 Å². The standard InChI is InChI=1S/C20H28BrN3O3S/c1-4-27-11-5-10-24-19(26)16-12-15(21)6-7-17(16)23-20(24)28-13-18(25)22-9-8-14(2)3/h6-7,12,14H,4-5,8-11,13H2,1-3H3,(H,22,25). The van der Waals surface area contributed by atoms with E-state index in [1.54, 1.807) is 10.6 Å². The Hall–Kier alpha value is -1.38. The topological polar surface area (TPSA) is 73.2 Å². The fourth-order valence-corrected chi connectivity index (χ4v) is 3.85. The van der Waals surface area contributed by atoms with Gasteiger partial charge in [0.2, 0.25) is 5.91 Å². The van der Waals surface area contributed by atoms with Gasteiger partial charge in [-0.3, -0.25) is 14.2 Å². The number of amides is 1. The van der Waals surface area contributed by atoms with Gasteiger partial charge in [0, 0.05) is 30.8 Å². The van der Waals surface area contributed by atoms with Gasteiger partial charge in [0.1, 0.15) is 0 Å². The second-order valence-corrected chi connectivity index (χ2v) is 8.74. The lowest BCUT2D eigenvalue weighted by Gasteiger charge is -2.13. The van der Waals surface area contributed by atoms with E-state index < -0.39 is 0 Å². The third-order valence-corrected chi connectivity index (χ3v) is 5.60. The lowest BCUT2D eigenvalue weighted by Crippen LogP contribution is -2.28. The molecule has 28 heavy (non-hydrogen) atoms. The first-order valence-electron chi connectivity index (χ1n) is 9.59. The molecule has 0 aliphatic heterocycles. The van der Waals surface area contributed by atoms with Crippen molar-refractivity contribution in [1.29, 1.82) is 0 Å². The summed E-state index contributed by atoms with van der Waals surface area (Å²) in [4.78, 5) is 29.8. The van der Waals surface area contributed by atoms with Gasteiger partial charge in [-0.1, -0.05) is 41.5 Å². The van der Waals surface area contributed by atoms with Crippen LogP contribution in [0.15, 0.2) is 32.6 Å². The Morgan fingerprint density at radius 1 is 1.39 bits per heavy atom. The maximum absolute atomic E-state index is 13.0. The summed E-state index contributed by atoms with van der Waals surface area (Å²) in [7, 11) is 0. The van der Waals surface area contributed by atoms with Crippen molar-refractivity contribution >= 4 is 44.5 Å². The summed E-state index contributed by atoms with van der Waals surface area (Å²) >= 11 is 4.71. The molecule has 1 amide bonds. The number of hydrogen-bond donors (Lipinski definition) is 1. The molecule has 2 rings (SSSR count). The number of hydrogen-bond acceptors (Lipinski definition) is 5. The third-order valence-electron chi connectivity index (χ3n) is 4.13. The molecule has 1 aromatic carbocycles. The Kier molecular flexibility index (Phi) is 9.47. The van der Waals surface area contributed by atoms with Gasteiger partial charge in [-0.2, -0.15) is 0 Å². The smallest absolute Gasteiger partial charge is 0.262 e. The number of carbonyl (C=O) groups is 1. The quantitative estimate of drug-likeness (QED) is 0.307. The predicted molar refractivity (Wildman–Crippen MR) is 118 cm³/mol. The number of nitrogens with zero attached hydrogens (tertiary/aromatic N) is 2. The van der Waals surface area contributed by atoms with E-state index in [9.17, 15) is 9.59 Å². The third kappa shape index (κ3) is 6.90. The number of halogens is 1. The molecule has 0 fully saturated rings. The number of thioether (sulfide) groups is 1. The molecule has 0 saturated heterocycles. The van der Waals surface area contributed by atoms with Crippen molar-refractivity contribution in [3.05, 3.63) is 33.0 Å². The zero-order valence-corrected chi connectivity index (χ0v) is 19.1. The first-order chi connectivity index (χ1) is 13.4. The number of fused-ring (bicyclic) bond motifs is 1. The van der Waals surface area contributed by atoms with Crippen molar-refractivity contribution in [2.24, 2.45) is 5.92 Å². The van der Waals surface area contributed by atoms with Crippen LogP contribution in [-0.4, -0.2) is 41.0 Å². The summed E-state index contributed by atoms with van der Waals surface area (Å²) in [5, 5.41) is 4.05. The normalized spacial score (nSPS) is 11.3. The van der Waals surface area contributed by atoms with Crippen molar-refractivity contribution < 1.29 is 9.53 Å². The Labute approximate surface area is 178 Å². The molecule has 8 heteroatoms. The molecule has 0 atom stereocenters. The van der Waals surface area contributed by atoms with Crippen LogP contribution < -0.4 is 10.9 Å². The van der Waals surface area contributed by atoms with Gasteiger partial charge in [-0.15, -0.1) is 0 Å². The number of ether oxygens (including phenoxy) is 1. The summed E-state index contributed by atoms with van der Waals surface area (Å²) in [6.07, 6.45) is 1.66. The van der Waals surface area contributed by atoms with Crippen LogP contribution >= 0.6 is 27.7 Å². The molecule has 0 unspecified atom stereocenters. The lowest BCUT2D eigenvalue weighted by molar-refractivity contribution is -0.118. The van der Waals surface area contributed by atoms with Crippen LogP contribution in [0.4, 0.5) is 0 Å². The number of rotatable bonds is 11. The summed E-state index contributed by atoms with van der Waals surface area (Å²) in [6.45, 7) is 8.59. The predicted octanol–water partition coefficient (Wildman–Crippen LogP) is 3.84. The van der Waals surface area contributed by atoms with Crippen LogP contribution in [0.1, 0.15) is 33.6 Å². The zero-order chi connectivity index (χ0) is 20.5. The first-order valence-corrected chi connectivity index (χ1v) is 11.4. The molecule has 0 spiro atoms. The highest BCUT2D eigenvalue weighted by Crippen LogP contribution is 2.20. The van der Waals surface area contributed by atoms with Crippen LogP contribution in [-0.2, 0) is 16.1 Å². The van der Waals surface area contributed by atoms with Gasteiger partial charge in [0.05, 0.1) is 16.7 Å². The van der Waals surface area contributed by atoms with Crippen molar-refractivity contribution in [1.82, 2.24) is 14.9 Å². The average molecular weight is 470 g/mol. The largest absolute Gasteiger partial charge is 0.382 e. The van der Waals surface area contributed by atoms with Gasteiger partial charge in [-0.05, 0) is 43.9 Å². The van der Waals surface area contributed by atoms with E-state index in [1.165, 1.54) is 11.8 Å². The molecular weight excluding hydrogens is 442 g/mol. The summed E-state index contributed by atoms with van der Waals surface area (Å²) in [6, 6.07) is 5.47. The molecule has 0 aliphatic carbocycles. The second-order valence-electron chi connectivity index (χ2n) is 6.88. The molecule has 0 radical (unpaired) electrons. The summed E-state index contributed by atoms with van der Waals surface area (Å²) in [5.41, 5.74) is 0.544. The van der Waals surface area contributed by atoms with E-state index in [2.05, 4.69) is 40.1 Å². The maximum atomic E-state index is 13.0. The van der Waals surface area contributed by atoms with Crippen LogP contribution in [0.5, 0.6) is 0 Å². The van der Waals surface area contributed by atoms with Crippen molar-refractivity contribution in [2.75, 3.05) is 25.5 Å². The minimum Gasteiger partial charge on any atom is -0.382 e. The minimum absolute atomic E-state index is 0.0448. The van der Waals surface area contributed by atoms with E-state index in [0.717, 1.165) is 10.9 Å². The van der Waals surface area contributed by atoms with Crippen LogP contribution in [0.2, 0.25) is 0 Å². The molecule has 6 nitrogen and oxygen atoms in total. The fraction of sp³-hybridized carbons (Fsp3) is 0.550. The second kappa shape index (κ2) is 11.6. The number of benzene rings is 1. The Morgan fingerprint density at radius 3 is 2.89 bits per heavy atom. The number of aromatic nitrogens is 2. The summed E-state index contributed by atoms with van der Waals surface area (Å²) < 4.78 is 7.88. The van der Waals surface area contributed by atoms with Gasteiger partial charge in [0.25, 0.3) is 5.56 Å². The lowest BCUT2D eigenvalue weighted by atomic mass is 10.1. The van der Waals surface area contributed by atoms with Gasteiger partial charge >= 0.3 is 0 Å². The fourth-order valence-electron chi connectivity index (χ4n) is 2.63. The summed E-state index contributed by atoms with van der Waals surface area (Å²) in [5.74, 6) is 0.736. The molecule has 154 valence electrons. The highest BCUT2D eigenvalue weighted by Gasteiger charge is 2.13. The SMILES string of the molecule is CCOCCCn1c(SCC(=O)NCCC(C)C)nc2ccc(Br)cc2c1=O. The molecular formula is C20H28BrN3O3S. The van der Waals surface area contributed by atoms with E-state index in [0.29, 0.717) is 54.7 Å². The molecule has 1 N–H and O–H groups in total. The van der Waals surface area contributed by atoms with Crippen molar-refractivity contribution in [2.45, 2.75) is 45.3 Å². The molecule has 0 aliphatic rings. The minimum atomic E-state index is -0.0921. The highest BCUT2D eigenvalue weighted by atomic mass is 79.9. The van der Waals surface area contributed by atoms with Gasteiger partial charge in [0.15, 0.2) is 5.16 Å². The number of carbonyl (C=O) groups excluding carboxylic acids is 1. The van der Waals surface area contributed by atoms with Crippen LogP contribution in [0.3, 0.4) is 0 Å².